The Morgan fingerprint density at radius 2 is 2.10 bits per heavy atom. The molecule has 0 aromatic carbocycles. The van der Waals surface area contributed by atoms with Crippen LogP contribution in [0.1, 0.15) is 20.3 Å². The number of allylic oxidation sites excluding steroid dienone is 1. The van der Waals surface area contributed by atoms with Gasteiger partial charge in [-0.05, 0) is 18.9 Å². The summed E-state index contributed by atoms with van der Waals surface area (Å²) in [7, 11) is 0. The lowest BCUT2D eigenvalue weighted by Gasteiger charge is -2.10. The van der Waals surface area contributed by atoms with E-state index >= 15 is 0 Å². The second-order valence-corrected chi connectivity index (χ2v) is 2.29. The van der Waals surface area contributed by atoms with Gasteiger partial charge < -0.3 is 9.47 Å². The highest BCUT2D eigenvalue weighted by atomic mass is 16.7. The van der Waals surface area contributed by atoms with Crippen molar-refractivity contribution in [3.63, 3.8) is 0 Å². The summed E-state index contributed by atoms with van der Waals surface area (Å²) in [6.07, 6.45) is 3.03. The Labute approximate surface area is 61.8 Å². The summed E-state index contributed by atoms with van der Waals surface area (Å²) < 4.78 is 10.6. The lowest BCUT2D eigenvalue weighted by Crippen LogP contribution is -2.10. The minimum Gasteiger partial charge on any atom is -0.346 e. The Bertz CT molecular complexity index is 123. The third kappa shape index (κ3) is 1.58. The molecule has 58 valence electrons. The number of hydrogen-bond donors (Lipinski definition) is 0. The lowest BCUT2D eigenvalue weighted by atomic mass is 10.2. The molecule has 0 amide bonds. The molecule has 0 bridgehead atoms. The average molecular weight is 142 g/mol. The Morgan fingerprint density at radius 1 is 1.50 bits per heavy atom. The maximum absolute atomic E-state index is 5.31. The van der Waals surface area contributed by atoms with E-state index in [-0.39, 0.29) is 6.29 Å². The van der Waals surface area contributed by atoms with Crippen molar-refractivity contribution in [2.45, 2.75) is 26.6 Å². The molecule has 0 unspecified atom stereocenters. The van der Waals surface area contributed by atoms with Gasteiger partial charge in [-0.2, -0.15) is 0 Å². The molecule has 0 radical (unpaired) electrons. The van der Waals surface area contributed by atoms with Crippen molar-refractivity contribution < 1.29 is 9.47 Å². The van der Waals surface area contributed by atoms with Gasteiger partial charge in [-0.3, -0.25) is 0 Å². The van der Waals surface area contributed by atoms with Crippen molar-refractivity contribution in [1.82, 2.24) is 0 Å². The van der Waals surface area contributed by atoms with Gasteiger partial charge in [0.1, 0.15) is 0 Å². The third-order valence-electron chi connectivity index (χ3n) is 1.70. The molecule has 0 aromatic rings. The number of ether oxygens (including phenoxy) is 2. The minimum absolute atomic E-state index is 0.0463. The summed E-state index contributed by atoms with van der Waals surface area (Å²) >= 11 is 0. The maximum Gasteiger partial charge on any atom is 0.179 e. The van der Waals surface area contributed by atoms with E-state index in [0.29, 0.717) is 0 Å². The molecular formula is C8H14O2. The molecule has 1 saturated heterocycles. The van der Waals surface area contributed by atoms with Crippen LogP contribution in [-0.2, 0) is 9.47 Å². The van der Waals surface area contributed by atoms with Crippen LogP contribution in [-0.4, -0.2) is 19.5 Å². The van der Waals surface area contributed by atoms with Crippen molar-refractivity contribution in [2.24, 2.45) is 0 Å². The molecule has 0 aromatic heterocycles. The van der Waals surface area contributed by atoms with Gasteiger partial charge in [0.2, 0.25) is 0 Å². The molecule has 0 atom stereocenters. The van der Waals surface area contributed by atoms with Crippen molar-refractivity contribution in [3.05, 3.63) is 11.6 Å². The minimum atomic E-state index is -0.0463. The average Bonchev–Trinajstić information content (AvgIpc) is 2.43. The summed E-state index contributed by atoms with van der Waals surface area (Å²) in [5.41, 5.74) is 1.25. The standard InChI is InChI=1S/C8H14O2/c1-3-7(4-2)8-9-5-6-10-8/h3,8H,4-6H2,1-2H3/b7-3+. The predicted molar refractivity (Wildman–Crippen MR) is 39.7 cm³/mol. The van der Waals surface area contributed by atoms with E-state index in [1.165, 1.54) is 5.57 Å². The van der Waals surface area contributed by atoms with E-state index in [1.807, 2.05) is 6.92 Å². The van der Waals surface area contributed by atoms with Crippen LogP contribution in [0.4, 0.5) is 0 Å². The van der Waals surface area contributed by atoms with Crippen LogP contribution in [0.25, 0.3) is 0 Å². The van der Waals surface area contributed by atoms with Gasteiger partial charge in [0.25, 0.3) is 0 Å². The van der Waals surface area contributed by atoms with Crippen LogP contribution < -0.4 is 0 Å². The Kier molecular flexibility index (Phi) is 2.90. The van der Waals surface area contributed by atoms with Gasteiger partial charge in [0.05, 0.1) is 13.2 Å². The summed E-state index contributed by atoms with van der Waals surface area (Å²) in [5.74, 6) is 0. The van der Waals surface area contributed by atoms with Gasteiger partial charge in [0, 0.05) is 0 Å². The first-order chi connectivity index (χ1) is 4.88. The zero-order chi connectivity index (χ0) is 7.40. The SMILES string of the molecule is C/C=C(\CC)C1OCCO1. The van der Waals surface area contributed by atoms with E-state index in [4.69, 9.17) is 9.47 Å². The maximum atomic E-state index is 5.31. The summed E-state index contributed by atoms with van der Waals surface area (Å²) in [6, 6.07) is 0. The topological polar surface area (TPSA) is 18.5 Å². The second kappa shape index (κ2) is 3.74. The lowest BCUT2D eigenvalue weighted by molar-refractivity contribution is -0.0131. The normalized spacial score (nSPS) is 22.0. The zero-order valence-electron chi connectivity index (χ0n) is 6.59. The smallest absolute Gasteiger partial charge is 0.179 e. The molecule has 1 aliphatic heterocycles. The van der Waals surface area contributed by atoms with Crippen molar-refractivity contribution in [3.8, 4) is 0 Å². The van der Waals surface area contributed by atoms with E-state index in [1.54, 1.807) is 0 Å². The molecule has 10 heavy (non-hydrogen) atoms. The van der Waals surface area contributed by atoms with Crippen molar-refractivity contribution in [2.75, 3.05) is 13.2 Å². The highest BCUT2D eigenvalue weighted by Crippen LogP contribution is 2.16. The van der Waals surface area contributed by atoms with E-state index < -0.39 is 0 Å². The predicted octanol–water partition coefficient (Wildman–Crippen LogP) is 1.72. The first-order valence-electron chi connectivity index (χ1n) is 3.76. The fraction of sp³-hybridized carbons (Fsp3) is 0.750. The summed E-state index contributed by atoms with van der Waals surface area (Å²) in [4.78, 5) is 0. The molecule has 0 saturated carbocycles. The van der Waals surface area contributed by atoms with Gasteiger partial charge in [0.15, 0.2) is 6.29 Å². The molecule has 2 heteroatoms. The summed E-state index contributed by atoms with van der Waals surface area (Å²) in [6.45, 7) is 5.61. The van der Waals surface area contributed by atoms with Crippen LogP contribution in [0.3, 0.4) is 0 Å². The number of rotatable bonds is 2. The molecule has 0 N–H and O–H groups in total. The Morgan fingerprint density at radius 3 is 2.50 bits per heavy atom. The molecule has 0 spiro atoms. The molecule has 0 aliphatic carbocycles. The van der Waals surface area contributed by atoms with Crippen LogP contribution in [0.15, 0.2) is 11.6 Å². The van der Waals surface area contributed by atoms with Crippen molar-refractivity contribution >= 4 is 0 Å². The molecule has 1 heterocycles. The van der Waals surface area contributed by atoms with E-state index in [0.717, 1.165) is 19.6 Å². The third-order valence-corrected chi connectivity index (χ3v) is 1.70. The van der Waals surface area contributed by atoms with Crippen LogP contribution in [0.5, 0.6) is 0 Å². The van der Waals surface area contributed by atoms with Crippen molar-refractivity contribution in [1.29, 1.82) is 0 Å². The van der Waals surface area contributed by atoms with Crippen LogP contribution >= 0.6 is 0 Å². The Hall–Kier alpha value is -0.340. The van der Waals surface area contributed by atoms with E-state index in [2.05, 4.69) is 13.0 Å². The first kappa shape index (κ1) is 7.76. The molecular weight excluding hydrogens is 128 g/mol. The zero-order valence-corrected chi connectivity index (χ0v) is 6.59. The quantitative estimate of drug-likeness (QED) is 0.546. The monoisotopic (exact) mass is 142 g/mol. The van der Waals surface area contributed by atoms with Gasteiger partial charge >= 0.3 is 0 Å². The molecule has 1 rings (SSSR count). The van der Waals surface area contributed by atoms with Gasteiger partial charge in [-0.1, -0.05) is 13.0 Å². The fourth-order valence-electron chi connectivity index (χ4n) is 1.08. The Balaban J connectivity index is 2.45. The first-order valence-corrected chi connectivity index (χ1v) is 3.76. The van der Waals surface area contributed by atoms with Crippen LogP contribution in [0, 0.1) is 0 Å². The summed E-state index contributed by atoms with van der Waals surface area (Å²) in [5, 5.41) is 0. The number of hydrogen-bond acceptors (Lipinski definition) is 2. The van der Waals surface area contributed by atoms with Crippen LogP contribution in [0.2, 0.25) is 0 Å². The van der Waals surface area contributed by atoms with E-state index in [9.17, 15) is 0 Å². The molecule has 1 fully saturated rings. The van der Waals surface area contributed by atoms with Gasteiger partial charge in [-0.15, -0.1) is 0 Å². The molecule has 2 nitrogen and oxygen atoms in total. The highest BCUT2D eigenvalue weighted by molar-refractivity contribution is 5.03. The molecule has 1 aliphatic rings. The van der Waals surface area contributed by atoms with Gasteiger partial charge in [-0.25, -0.2) is 0 Å². The fourth-order valence-corrected chi connectivity index (χ4v) is 1.08. The highest BCUT2D eigenvalue weighted by Gasteiger charge is 2.18. The largest absolute Gasteiger partial charge is 0.346 e. The second-order valence-electron chi connectivity index (χ2n) is 2.29.